The van der Waals surface area contributed by atoms with Crippen LogP contribution in [0, 0.1) is 0 Å². The van der Waals surface area contributed by atoms with E-state index in [1.807, 2.05) is 21.1 Å². The van der Waals surface area contributed by atoms with E-state index in [0.717, 1.165) is 37.5 Å². The van der Waals surface area contributed by atoms with Gasteiger partial charge >= 0.3 is 0 Å². The molecule has 0 aliphatic heterocycles. The molecular weight excluding hydrogens is 204 g/mol. The van der Waals surface area contributed by atoms with Crippen LogP contribution in [0.2, 0.25) is 0 Å². The zero-order valence-corrected chi connectivity index (χ0v) is 10.7. The van der Waals surface area contributed by atoms with Crippen molar-refractivity contribution in [3.63, 3.8) is 0 Å². The Kier molecular flexibility index (Phi) is 5.42. The summed E-state index contributed by atoms with van der Waals surface area (Å²) in [6.45, 7) is 3.09. The molecule has 0 saturated heterocycles. The second-order valence-electron chi connectivity index (χ2n) is 4.39. The summed E-state index contributed by atoms with van der Waals surface area (Å²) in [4.78, 5) is 6.47. The van der Waals surface area contributed by atoms with Crippen molar-refractivity contribution in [3.05, 3.63) is 11.7 Å². The molecule has 0 aliphatic rings. The lowest BCUT2D eigenvalue weighted by Gasteiger charge is -2.06. The first-order valence-corrected chi connectivity index (χ1v) is 5.75. The molecule has 1 rings (SSSR count). The smallest absolute Gasteiger partial charge is 0.226 e. The summed E-state index contributed by atoms with van der Waals surface area (Å²) in [6, 6.07) is 0.483. The number of nitrogens with zero attached hydrogens (tertiary/aromatic N) is 3. The Morgan fingerprint density at radius 3 is 2.75 bits per heavy atom. The molecule has 5 heteroatoms. The molecule has 0 fully saturated rings. The Morgan fingerprint density at radius 1 is 1.38 bits per heavy atom. The molecule has 0 bridgehead atoms. The summed E-state index contributed by atoms with van der Waals surface area (Å²) < 4.78 is 5.18. The lowest BCUT2D eigenvalue weighted by Crippen LogP contribution is -2.21. The molecule has 0 aromatic carbocycles. The van der Waals surface area contributed by atoms with Crippen molar-refractivity contribution in [1.29, 1.82) is 0 Å². The number of aryl methyl sites for hydroxylation is 1. The van der Waals surface area contributed by atoms with E-state index in [4.69, 9.17) is 4.52 Å². The van der Waals surface area contributed by atoms with E-state index in [1.54, 1.807) is 0 Å². The monoisotopic (exact) mass is 226 g/mol. The van der Waals surface area contributed by atoms with Crippen molar-refractivity contribution < 1.29 is 4.52 Å². The van der Waals surface area contributed by atoms with Gasteiger partial charge in [0.2, 0.25) is 5.89 Å². The first kappa shape index (κ1) is 13.1. The van der Waals surface area contributed by atoms with Crippen LogP contribution in [0.1, 0.15) is 25.1 Å². The first-order valence-electron chi connectivity index (χ1n) is 5.75. The largest absolute Gasteiger partial charge is 0.339 e. The predicted octanol–water partition coefficient (Wildman–Crippen LogP) is 0.714. The molecule has 1 aromatic heterocycles. The number of likely N-dealkylation sites (N-methyl/N-ethyl adjacent to an activating group) is 1. The number of nitrogens with one attached hydrogen (secondary N) is 1. The van der Waals surface area contributed by atoms with Crippen LogP contribution in [-0.4, -0.2) is 48.8 Å². The fourth-order valence-corrected chi connectivity index (χ4v) is 1.30. The molecule has 92 valence electrons. The van der Waals surface area contributed by atoms with Crippen molar-refractivity contribution in [3.8, 4) is 0 Å². The van der Waals surface area contributed by atoms with Crippen LogP contribution in [0.15, 0.2) is 4.52 Å². The lowest BCUT2D eigenvalue weighted by atomic mass is 10.2. The van der Waals surface area contributed by atoms with Gasteiger partial charge in [-0.2, -0.15) is 4.98 Å². The maximum absolute atomic E-state index is 5.18. The van der Waals surface area contributed by atoms with E-state index in [0.29, 0.717) is 6.04 Å². The highest BCUT2D eigenvalue weighted by molar-refractivity contribution is 4.87. The number of hydrogen-bond acceptors (Lipinski definition) is 5. The maximum atomic E-state index is 5.18. The zero-order chi connectivity index (χ0) is 12.0. The van der Waals surface area contributed by atoms with Gasteiger partial charge in [-0.3, -0.25) is 0 Å². The molecule has 1 aromatic rings. The van der Waals surface area contributed by atoms with E-state index in [2.05, 4.69) is 27.3 Å². The molecule has 1 N–H and O–H groups in total. The van der Waals surface area contributed by atoms with E-state index < -0.39 is 0 Å². The second kappa shape index (κ2) is 6.60. The standard InChI is InChI=1S/C11H22N4O/c1-9(12-2)5-6-11-13-10(14-16-11)7-8-15(3)4/h9,12H,5-8H2,1-4H3. The average Bonchev–Trinajstić information content (AvgIpc) is 2.71. The van der Waals surface area contributed by atoms with Crippen molar-refractivity contribution in [2.75, 3.05) is 27.7 Å². The molecule has 16 heavy (non-hydrogen) atoms. The van der Waals surface area contributed by atoms with Gasteiger partial charge in [0.05, 0.1) is 0 Å². The Hall–Kier alpha value is -0.940. The van der Waals surface area contributed by atoms with Gasteiger partial charge in [-0.05, 0) is 34.5 Å². The van der Waals surface area contributed by atoms with Crippen LogP contribution >= 0.6 is 0 Å². The summed E-state index contributed by atoms with van der Waals surface area (Å²) in [5, 5.41) is 7.14. The summed E-state index contributed by atoms with van der Waals surface area (Å²) in [7, 11) is 6.03. The van der Waals surface area contributed by atoms with E-state index in [9.17, 15) is 0 Å². The van der Waals surface area contributed by atoms with Gasteiger partial charge in [-0.25, -0.2) is 0 Å². The zero-order valence-electron chi connectivity index (χ0n) is 10.7. The normalized spacial score (nSPS) is 13.3. The molecule has 0 amide bonds. The highest BCUT2D eigenvalue weighted by atomic mass is 16.5. The van der Waals surface area contributed by atoms with Gasteiger partial charge in [-0.1, -0.05) is 5.16 Å². The van der Waals surface area contributed by atoms with Gasteiger partial charge in [0.1, 0.15) is 0 Å². The SMILES string of the molecule is CNC(C)CCc1nc(CCN(C)C)no1. The van der Waals surface area contributed by atoms with Crippen molar-refractivity contribution in [1.82, 2.24) is 20.4 Å². The Morgan fingerprint density at radius 2 is 2.12 bits per heavy atom. The topological polar surface area (TPSA) is 54.2 Å². The highest BCUT2D eigenvalue weighted by Gasteiger charge is 2.08. The first-order chi connectivity index (χ1) is 7.61. The fraction of sp³-hybridized carbons (Fsp3) is 0.818. The van der Waals surface area contributed by atoms with Crippen LogP contribution in [0.25, 0.3) is 0 Å². The maximum Gasteiger partial charge on any atom is 0.226 e. The summed E-state index contributed by atoms with van der Waals surface area (Å²) >= 11 is 0. The van der Waals surface area contributed by atoms with E-state index >= 15 is 0 Å². The summed E-state index contributed by atoms with van der Waals surface area (Å²) in [6.07, 6.45) is 2.71. The molecule has 5 nitrogen and oxygen atoms in total. The third-order valence-corrected chi connectivity index (χ3v) is 2.58. The van der Waals surface area contributed by atoms with Gasteiger partial charge in [0.15, 0.2) is 5.82 Å². The number of hydrogen-bond donors (Lipinski definition) is 1. The van der Waals surface area contributed by atoms with Crippen LogP contribution in [-0.2, 0) is 12.8 Å². The average molecular weight is 226 g/mol. The van der Waals surface area contributed by atoms with Gasteiger partial charge in [-0.15, -0.1) is 0 Å². The lowest BCUT2D eigenvalue weighted by molar-refractivity contribution is 0.359. The minimum Gasteiger partial charge on any atom is -0.339 e. The van der Waals surface area contributed by atoms with Crippen molar-refractivity contribution in [2.24, 2.45) is 0 Å². The van der Waals surface area contributed by atoms with Crippen molar-refractivity contribution >= 4 is 0 Å². The van der Waals surface area contributed by atoms with Gasteiger partial charge in [0.25, 0.3) is 0 Å². The highest BCUT2D eigenvalue weighted by Crippen LogP contribution is 2.03. The molecule has 1 heterocycles. The fourth-order valence-electron chi connectivity index (χ4n) is 1.30. The van der Waals surface area contributed by atoms with Gasteiger partial charge < -0.3 is 14.7 Å². The second-order valence-corrected chi connectivity index (χ2v) is 4.39. The molecule has 0 radical (unpaired) electrons. The molecule has 0 spiro atoms. The third kappa shape index (κ3) is 4.72. The van der Waals surface area contributed by atoms with Gasteiger partial charge in [0, 0.05) is 25.4 Å². The molecule has 0 aliphatic carbocycles. The molecule has 1 atom stereocenters. The Labute approximate surface area is 97.2 Å². The molecular formula is C11H22N4O. The Balaban J connectivity index is 2.33. The van der Waals surface area contributed by atoms with Crippen LogP contribution in [0.3, 0.4) is 0 Å². The van der Waals surface area contributed by atoms with Crippen LogP contribution < -0.4 is 5.32 Å². The van der Waals surface area contributed by atoms with Crippen LogP contribution in [0.4, 0.5) is 0 Å². The summed E-state index contributed by atoms with van der Waals surface area (Å²) in [5.41, 5.74) is 0. The van der Waals surface area contributed by atoms with Crippen molar-refractivity contribution in [2.45, 2.75) is 32.2 Å². The summed E-state index contributed by atoms with van der Waals surface area (Å²) in [5.74, 6) is 1.55. The minimum atomic E-state index is 0.483. The predicted molar refractivity (Wildman–Crippen MR) is 63.4 cm³/mol. The molecule has 0 saturated carbocycles. The number of rotatable bonds is 7. The third-order valence-electron chi connectivity index (χ3n) is 2.58. The minimum absolute atomic E-state index is 0.483. The number of aromatic nitrogens is 2. The van der Waals surface area contributed by atoms with Crippen LogP contribution in [0.5, 0.6) is 0 Å². The molecule has 1 unspecified atom stereocenters. The van der Waals surface area contributed by atoms with E-state index in [1.165, 1.54) is 0 Å². The quantitative estimate of drug-likeness (QED) is 0.742. The Bertz CT molecular complexity index is 298. The van der Waals surface area contributed by atoms with E-state index in [-0.39, 0.29) is 0 Å².